The molecule has 0 radical (unpaired) electrons. The van der Waals surface area contributed by atoms with Gasteiger partial charge in [-0.1, -0.05) is 18.2 Å². The molecule has 0 atom stereocenters. The van der Waals surface area contributed by atoms with E-state index in [1.165, 1.54) is 38.1 Å². The van der Waals surface area contributed by atoms with Crippen molar-refractivity contribution in [2.24, 2.45) is 0 Å². The second kappa shape index (κ2) is 7.17. The number of alkyl halides is 2. The van der Waals surface area contributed by atoms with Crippen molar-refractivity contribution in [2.75, 3.05) is 13.1 Å². The van der Waals surface area contributed by atoms with E-state index >= 15 is 0 Å². The van der Waals surface area contributed by atoms with Gasteiger partial charge in [0.15, 0.2) is 0 Å². The molecule has 0 amide bonds. The second-order valence-electron chi connectivity index (χ2n) is 3.15. The van der Waals surface area contributed by atoms with Crippen molar-refractivity contribution in [3.05, 3.63) is 30.3 Å². The zero-order valence-corrected chi connectivity index (χ0v) is 8.46. The molecule has 0 saturated carbocycles. The van der Waals surface area contributed by atoms with Crippen LogP contribution in [0.2, 0.25) is 0 Å². The van der Waals surface area contributed by atoms with E-state index in [4.69, 9.17) is 0 Å². The number of halogens is 2. The second-order valence-corrected chi connectivity index (χ2v) is 3.15. The predicted octanol–water partition coefficient (Wildman–Crippen LogP) is 2.66. The molecule has 1 fully saturated rings. The standard InChI is InChI=1S/C7H6F2O.C4H9N/c8-7(9)10-6-4-2-1-3-5-6;1-2-4-5-3-1/h1-5,7H;5H,1-4H2. The van der Waals surface area contributed by atoms with Gasteiger partial charge in [-0.3, -0.25) is 0 Å². The highest BCUT2D eigenvalue weighted by atomic mass is 19.3. The number of ether oxygens (including phenoxy) is 1. The van der Waals surface area contributed by atoms with Crippen molar-refractivity contribution in [2.45, 2.75) is 19.5 Å². The molecule has 2 rings (SSSR count). The Hall–Kier alpha value is -1.16. The van der Waals surface area contributed by atoms with Crippen molar-refractivity contribution in [3.63, 3.8) is 0 Å². The van der Waals surface area contributed by atoms with Gasteiger partial charge >= 0.3 is 6.61 Å². The summed E-state index contributed by atoms with van der Waals surface area (Å²) in [5.74, 6) is 0.192. The number of rotatable bonds is 2. The van der Waals surface area contributed by atoms with Crippen LogP contribution in [0.4, 0.5) is 8.78 Å². The summed E-state index contributed by atoms with van der Waals surface area (Å²) in [7, 11) is 0. The van der Waals surface area contributed by atoms with Crippen molar-refractivity contribution < 1.29 is 13.5 Å². The van der Waals surface area contributed by atoms with Gasteiger partial charge in [-0.25, -0.2) is 0 Å². The monoisotopic (exact) mass is 215 g/mol. The summed E-state index contributed by atoms with van der Waals surface area (Å²) in [6, 6.07) is 7.96. The van der Waals surface area contributed by atoms with E-state index in [0.717, 1.165) is 0 Å². The van der Waals surface area contributed by atoms with Crippen LogP contribution in [0.5, 0.6) is 5.75 Å². The van der Waals surface area contributed by atoms with Crippen molar-refractivity contribution in [3.8, 4) is 5.75 Å². The maximum atomic E-state index is 11.5. The van der Waals surface area contributed by atoms with Crippen LogP contribution in [0.25, 0.3) is 0 Å². The minimum Gasteiger partial charge on any atom is -0.435 e. The summed E-state index contributed by atoms with van der Waals surface area (Å²) in [6.07, 6.45) is 2.78. The highest BCUT2D eigenvalue weighted by molar-refractivity contribution is 5.20. The number of para-hydroxylation sites is 1. The number of hydrogen-bond donors (Lipinski definition) is 1. The average Bonchev–Trinajstić information content (AvgIpc) is 2.76. The summed E-state index contributed by atoms with van der Waals surface area (Å²) >= 11 is 0. The highest BCUT2D eigenvalue weighted by Crippen LogP contribution is 2.11. The summed E-state index contributed by atoms with van der Waals surface area (Å²) < 4.78 is 27.1. The van der Waals surface area contributed by atoms with Crippen LogP contribution in [0.1, 0.15) is 12.8 Å². The van der Waals surface area contributed by atoms with Gasteiger partial charge in [-0.05, 0) is 38.1 Å². The summed E-state index contributed by atoms with van der Waals surface area (Å²) in [6.45, 7) is -0.234. The van der Waals surface area contributed by atoms with Crippen molar-refractivity contribution in [1.29, 1.82) is 0 Å². The quantitative estimate of drug-likeness (QED) is 0.818. The number of hydrogen-bond acceptors (Lipinski definition) is 2. The topological polar surface area (TPSA) is 21.3 Å². The lowest BCUT2D eigenvalue weighted by Gasteiger charge is -2.01. The van der Waals surface area contributed by atoms with Crippen LogP contribution in [0, 0.1) is 0 Å². The van der Waals surface area contributed by atoms with E-state index in [-0.39, 0.29) is 5.75 Å². The third-order valence-electron chi connectivity index (χ3n) is 1.93. The lowest BCUT2D eigenvalue weighted by Crippen LogP contribution is -2.03. The van der Waals surface area contributed by atoms with Crippen LogP contribution in [-0.4, -0.2) is 19.7 Å². The summed E-state index contributed by atoms with van der Waals surface area (Å²) in [5, 5.41) is 3.22. The molecule has 1 N–H and O–H groups in total. The first-order valence-electron chi connectivity index (χ1n) is 4.99. The van der Waals surface area contributed by atoms with Gasteiger partial charge in [-0.2, -0.15) is 8.78 Å². The third-order valence-corrected chi connectivity index (χ3v) is 1.93. The van der Waals surface area contributed by atoms with E-state index < -0.39 is 6.61 Å². The first-order valence-corrected chi connectivity index (χ1v) is 4.99. The fourth-order valence-electron chi connectivity index (χ4n) is 1.23. The van der Waals surface area contributed by atoms with Gasteiger partial charge in [0.1, 0.15) is 5.75 Å². The Bertz CT molecular complexity index is 242. The number of nitrogens with one attached hydrogen (secondary N) is 1. The average molecular weight is 215 g/mol. The van der Waals surface area contributed by atoms with E-state index in [0.29, 0.717) is 0 Å². The summed E-state index contributed by atoms with van der Waals surface area (Å²) in [5.41, 5.74) is 0. The first-order chi connectivity index (χ1) is 7.29. The molecule has 0 bridgehead atoms. The molecule has 0 aromatic heterocycles. The molecule has 1 aliphatic heterocycles. The van der Waals surface area contributed by atoms with Crippen LogP contribution < -0.4 is 10.1 Å². The molecular weight excluding hydrogens is 200 g/mol. The fourth-order valence-corrected chi connectivity index (χ4v) is 1.23. The third kappa shape index (κ3) is 6.01. The van der Waals surface area contributed by atoms with Crippen molar-refractivity contribution in [1.82, 2.24) is 5.32 Å². The predicted molar refractivity (Wildman–Crippen MR) is 55.2 cm³/mol. The van der Waals surface area contributed by atoms with Gasteiger partial charge in [0.2, 0.25) is 0 Å². The van der Waals surface area contributed by atoms with E-state index in [9.17, 15) is 8.78 Å². The van der Waals surface area contributed by atoms with Gasteiger partial charge in [-0.15, -0.1) is 0 Å². The lowest BCUT2D eigenvalue weighted by atomic mass is 10.3. The van der Waals surface area contributed by atoms with Crippen LogP contribution in [0.3, 0.4) is 0 Å². The molecule has 1 aromatic rings. The van der Waals surface area contributed by atoms with E-state index in [1.807, 2.05) is 0 Å². The van der Waals surface area contributed by atoms with Gasteiger partial charge in [0.25, 0.3) is 0 Å². The SMILES string of the molecule is C1CCNC1.FC(F)Oc1ccccc1. The Morgan fingerprint density at radius 2 is 1.67 bits per heavy atom. The lowest BCUT2D eigenvalue weighted by molar-refractivity contribution is -0.0498. The molecule has 0 unspecified atom stereocenters. The maximum Gasteiger partial charge on any atom is 0.387 e. The highest BCUT2D eigenvalue weighted by Gasteiger charge is 2.01. The Kier molecular flexibility index (Phi) is 5.70. The molecule has 1 saturated heterocycles. The smallest absolute Gasteiger partial charge is 0.387 e. The first kappa shape index (κ1) is 11.9. The molecule has 1 aliphatic rings. The zero-order chi connectivity index (χ0) is 10.9. The molecule has 1 heterocycles. The van der Waals surface area contributed by atoms with Crippen LogP contribution >= 0.6 is 0 Å². The Morgan fingerprint density at radius 1 is 1.07 bits per heavy atom. The number of benzene rings is 1. The molecular formula is C11H15F2NO. The molecule has 84 valence electrons. The Labute approximate surface area is 88.3 Å². The molecule has 0 spiro atoms. The summed E-state index contributed by atoms with van der Waals surface area (Å²) in [4.78, 5) is 0. The van der Waals surface area contributed by atoms with Gasteiger partial charge < -0.3 is 10.1 Å². The minimum atomic E-state index is -2.73. The molecule has 2 nitrogen and oxygen atoms in total. The van der Waals surface area contributed by atoms with Gasteiger partial charge in [0, 0.05) is 0 Å². The normalized spacial score (nSPS) is 14.6. The van der Waals surface area contributed by atoms with E-state index in [2.05, 4.69) is 10.1 Å². The fraction of sp³-hybridized carbons (Fsp3) is 0.455. The van der Waals surface area contributed by atoms with E-state index in [1.54, 1.807) is 18.2 Å². The van der Waals surface area contributed by atoms with Crippen molar-refractivity contribution >= 4 is 0 Å². The molecule has 0 aliphatic carbocycles. The van der Waals surface area contributed by atoms with Gasteiger partial charge in [0.05, 0.1) is 0 Å². The maximum absolute atomic E-state index is 11.5. The Balaban J connectivity index is 0.000000187. The molecule has 4 heteroatoms. The zero-order valence-electron chi connectivity index (χ0n) is 8.46. The van der Waals surface area contributed by atoms with Crippen LogP contribution in [0.15, 0.2) is 30.3 Å². The Morgan fingerprint density at radius 3 is 2.07 bits per heavy atom. The van der Waals surface area contributed by atoms with Crippen LogP contribution in [-0.2, 0) is 0 Å². The molecule has 15 heavy (non-hydrogen) atoms. The largest absolute Gasteiger partial charge is 0.435 e. The minimum absolute atomic E-state index is 0.192. The molecule has 1 aromatic carbocycles.